The Kier molecular flexibility index (Phi) is 8.68. The van der Waals surface area contributed by atoms with Crippen LogP contribution in [0.25, 0.3) is 0 Å². The Labute approximate surface area is 121 Å². The van der Waals surface area contributed by atoms with Gasteiger partial charge in [-0.05, 0) is 26.6 Å². The molecule has 0 aromatic rings. The largest absolute Gasteiger partial charge is 0.346 e. The van der Waals surface area contributed by atoms with Crippen molar-refractivity contribution in [1.82, 2.24) is 5.32 Å². The molecule has 0 saturated carbocycles. The zero-order valence-electron chi connectivity index (χ0n) is 11.5. The lowest BCUT2D eigenvalue weighted by Gasteiger charge is -2.17. The van der Waals surface area contributed by atoms with E-state index in [9.17, 15) is 14.9 Å². The Hall–Kier alpha value is -0.870. The first-order valence-corrected chi connectivity index (χ1v) is 8.13. The van der Waals surface area contributed by atoms with Crippen LogP contribution < -0.4 is 5.32 Å². The minimum absolute atomic E-state index is 0.0435. The molecule has 0 spiro atoms. The number of rotatable bonds is 8. The molecule has 0 fully saturated rings. The van der Waals surface area contributed by atoms with Crippen molar-refractivity contribution in [1.29, 1.82) is 0 Å². The zero-order valence-corrected chi connectivity index (χ0v) is 13.4. The van der Waals surface area contributed by atoms with E-state index in [0.29, 0.717) is 20.6 Å². The summed E-state index contributed by atoms with van der Waals surface area (Å²) in [4.78, 5) is 22.1. The molecule has 0 radical (unpaired) electrons. The maximum Gasteiger partial charge on any atom is 0.262 e. The lowest BCUT2D eigenvalue weighted by Crippen LogP contribution is -2.33. The minimum Gasteiger partial charge on any atom is -0.346 e. The molecular formula is C12H21N2O3PS. The molecule has 3 unspecified atom stereocenters. The molecule has 5 nitrogen and oxygen atoms in total. The molecular weight excluding hydrogens is 283 g/mol. The fourth-order valence-corrected chi connectivity index (χ4v) is 2.05. The van der Waals surface area contributed by atoms with E-state index in [-0.39, 0.29) is 22.6 Å². The van der Waals surface area contributed by atoms with E-state index in [4.69, 9.17) is 0 Å². The zero-order chi connectivity index (χ0) is 15.0. The second kappa shape index (κ2) is 9.10. The number of carbonyl (C=O) groups excluding carboxylic acids is 1. The molecule has 0 aromatic carbocycles. The lowest BCUT2D eigenvalue weighted by atomic mass is 10.1. The fraction of sp³-hybridized carbons (Fsp3) is 0.583. The first-order chi connectivity index (χ1) is 8.83. The molecule has 0 heterocycles. The van der Waals surface area contributed by atoms with Crippen LogP contribution in [-0.2, 0) is 4.79 Å². The monoisotopic (exact) mass is 304 g/mol. The summed E-state index contributed by atoms with van der Waals surface area (Å²) in [5, 5.41) is 13.1. The van der Waals surface area contributed by atoms with Crippen molar-refractivity contribution in [3.63, 3.8) is 0 Å². The average Bonchev–Trinajstić information content (AvgIpc) is 2.35. The topological polar surface area (TPSA) is 72.2 Å². The van der Waals surface area contributed by atoms with Crippen molar-refractivity contribution in [2.24, 2.45) is 0 Å². The number of nitrogens with zero attached hydrogens (tertiary/aromatic N) is 1. The molecule has 3 atom stereocenters. The number of amides is 1. The van der Waals surface area contributed by atoms with Gasteiger partial charge in [0.2, 0.25) is 5.91 Å². The Bertz CT molecular complexity index is 385. The molecule has 19 heavy (non-hydrogen) atoms. The third-order valence-corrected chi connectivity index (χ3v) is 4.07. The summed E-state index contributed by atoms with van der Waals surface area (Å²) in [6, 6.07) is 0. The number of nitrogens with one attached hydrogen (secondary N) is 1. The summed E-state index contributed by atoms with van der Waals surface area (Å²) in [6.07, 6.45) is 2.74. The van der Waals surface area contributed by atoms with Crippen LogP contribution in [0.1, 0.15) is 26.7 Å². The van der Waals surface area contributed by atoms with Gasteiger partial charge in [-0.15, -0.1) is 8.58 Å². The van der Waals surface area contributed by atoms with Crippen LogP contribution in [0.2, 0.25) is 0 Å². The Balaban J connectivity index is 5.11. The van der Waals surface area contributed by atoms with Gasteiger partial charge in [-0.1, -0.05) is 13.3 Å². The smallest absolute Gasteiger partial charge is 0.262 e. The minimum atomic E-state index is -0.606. The van der Waals surface area contributed by atoms with E-state index in [1.54, 1.807) is 0 Å². The summed E-state index contributed by atoms with van der Waals surface area (Å²) < 4.78 is 0. The molecule has 0 bridgehead atoms. The van der Waals surface area contributed by atoms with E-state index in [2.05, 4.69) is 24.5 Å². The van der Waals surface area contributed by atoms with Crippen LogP contribution in [0.5, 0.6) is 0 Å². The predicted octanol–water partition coefficient (Wildman–Crippen LogP) is 2.57. The molecule has 108 valence electrons. The maximum absolute atomic E-state index is 12.1. The van der Waals surface area contributed by atoms with Gasteiger partial charge in [0, 0.05) is 22.7 Å². The molecule has 0 aliphatic carbocycles. The average molecular weight is 304 g/mol. The molecule has 0 rings (SSSR count). The van der Waals surface area contributed by atoms with Gasteiger partial charge in [0.05, 0.1) is 4.92 Å². The first-order valence-electron chi connectivity index (χ1n) is 6.04. The Morgan fingerprint density at radius 1 is 1.63 bits per heavy atom. The van der Waals surface area contributed by atoms with Crippen molar-refractivity contribution < 1.29 is 9.72 Å². The highest BCUT2D eigenvalue weighted by molar-refractivity contribution is 7.81. The van der Waals surface area contributed by atoms with Crippen LogP contribution in [0, 0.1) is 10.1 Å². The highest BCUT2D eigenvalue weighted by atomic mass is 32.1. The van der Waals surface area contributed by atoms with Crippen molar-refractivity contribution >= 4 is 27.1 Å². The van der Waals surface area contributed by atoms with Crippen LogP contribution in [0.4, 0.5) is 0 Å². The number of nitro groups is 1. The second-order valence-corrected chi connectivity index (χ2v) is 6.20. The summed E-state index contributed by atoms with van der Waals surface area (Å²) in [7, 11) is 0.562. The van der Waals surface area contributed by atoms with Crippen molar-refractivity contribution in [3.05, 3.63) is 34.0 Å². The van der Waals surface area contributed by atoms with Gasteiger partial charge < -0.3 is 5.32 Å². The summed E-state index contributed by atoms with van der Waals surface area (Å²) in [5.41, 5.74) is 0.00360. The molecule has 1 N–H and O–H groups in total. The molecule has 0 aliphatic rings. The van der Waals surface area contributed by atoms with Crippen molar-refractivity contribution in [3.8, 4) is 0 Å². The number of allylic oxidation sites excluding steroid dienone is 1. The standard InChI is InChI=1S/C12H21N2O3PS/c1-5-6-11(19)10(7-8(2)14(16)17)12(15)13-9(3)18-4/h7,9,11,18-19H,2,5-6H2,1,3-4H3,(H,13,15)/b10-7+. The van der Waals surface area contributed by atoms with Gasteiger partial charge >= 0.3 is 0 Å². The second-order valence-electron chi connectivity index (χ2n) is 4.14. The Morgan fingerprint density at radius 3 is 2.63 bits per heavy atom. The van der Waals surface area contributed by atoms with Crippen LogP contribution in [0.3, 0.4) is 0 Å². The molecule has 0 aliphatic heterocycles. The molecule has 0 saturated heterocycles. The van der Waals surface area contributed by atoms with Gasteiger partial charge in [-0.3, -0.25) is 14.9 Å². The van der Waals surface area contributed by atoms with Gasteiger partial charge in [-0.25, -0.2) is 0 Å². The predicted molar refractivity (Wildman–Crippen MR) is 83.7 cm³/mol. The highest BCUT2D eigenvalue weighted by Gasteiger charge is 2.20. The van der Waals surface area contributed by atoms with E-state index < -0.39 is 4.92 Å². The third-order valence-electron chi connectivity index (χ3n) is 2.52. The Morgan fingerprint density at radius 2 is 2.21 bits per heavy atom. The van der Waals surface area contributed by atoms with Crippen LogP contribution >= 0.6 is 21.2 Å². The summed E-state index contributed by atoms with van der Waals surface area (Å²) in [6.45, 7) is 9.17. The number of carbonyl (C=O) groups is 1. The maximum atomic E-state index is 12.1. The SMILES string of the molecule is C=C(/C=C(/C(=O)NC(C)PC)C(S)CCC)[N+](=O)[O-]. The normalized spacial score (nSPS) is 15.3. The fourth-order valence-electron chi connectivity index (χ4n) is 1.33. The van der Waals surface area contributed by atoms with Crippen LogP contribution in [-0.4, -0.2) is 28.5 Å². The summed E-state index contributed by atoms with van der Waals surface area (Å²) >= 11 is 4.35. The third kappa shape index (κ3) is 6.73. The van der Waals surface area contributed by atoms with E-state index in [1.165, 1.54) is 6.08 Å². The van der Waals surface area contributed by atoms with Gasteiger partial charge in [-0.2, -0.15) is 12.6 Å². The van der Waals surface area contributed by atoms with Gasteiger partial charge in [0.1, 0.15) is 0 Å². The lowest BCUT2D eigenvalue weighted by molar-refractivity contribution is -0.418. The van der Waals surface area contributed by atoms with Gasteiger partial charge in [0.25, 0.3) is 5.70 Å². The molecule has 0 aromatic heterocycles. The number of thiol groups is 1. The molecule has 7 heteroatoms. The molecule has 1 amide bonds. The van der Waals surface area contributed by atoms with E-state index >= 15 is 0 Å². The summed E-state index contributed by atoms with van der Waals surface area (Å²) in [5.74, 6) is -0.264. The highest BCUT2D eigenvalue weighted by Crippen LogP contribution is 2.19. The quantitative estimate of drug-likeness (QED) is 0.181. The van der Waals surface area contributed by atoms with Crippen molar-refractivity contribution in [2.75, 3.05) is 6.66 Å². The van der Waals surface area contributed by atoms with E-state index in [1.807, 2.05) is 20.5 Å². The van der Waals surface area contributed by atoms with Gasteiger partial charge in [0.15, 0.2) is 0 Å². The van der Waals surface area contributed by atoms with Crippen LogP contribution in [0.15, 0.2) is 23.9 Å². The van der Waals surface area contributed by atoms with E-state index in [0.717, 1.165) is 6.42 Å². The number of hydrogen-bond donors (Lipinski definition) is 2. The number of hydrogen-bond acceptors (Lipinski definition) is 4. The van der Waals surface area contributed by atoms with Crippen molar-refractivity contribution in [2.45, 2.75) is 37.7 Å². The first kappa shape index (κ1) is 18.1.